The first-order valence-corrected chi connectivity index (χ1v) is 6.11. The van der Waals surface area contributed by atoms with E-state index in [-0.39, 0.29) is 11.8 Å². The minimum atomic E-state index is -0.783. The first-order chi connectivity index (χ1) is 8.58. The maximum atomic E-state index is 11.6. The third-order valence-electron chi connectivity index (χ3n) is 1.70. The summed E-state index contributed by atoms with van der Waals surface area (Å²) in [7, 11) is 1.30. The van der Waals surface area contributed by atoms with Crippen molar-refractivity contribution < 1.29 is 4.18 Å². The summed E-state index contributed by atoms with van der Waals surface area (Å²) in [6.45, 7) is 0. The van der Waals surface area contributed by atoms with E-state index in [1.807, 2.05) is 0 Å². The summed E-state index contributed by atoms with van der Waals surface area (Å²) in [5.41, 5.74) is -2.31. The van der Waals surface area contributed by atoms with Crippen LogP contribution in [0.4, 0.5) is 0 Å². The predicted octanol–water partition coefficient (Wildman–Crippen LogP) is -0.929. The summed E-state index contributed by atoms with van der Waals surface area (Å²) in [6.07, 6.45) is 0. The van der Waals surface area contributed by atoms with Gasteiger partial charge in [-0.15, -0.1) is 0 Å². The Labute approximate surface area is 115 Å². The molecule has 0 aliphatic carbocycles. The van der Waals surface area contributed by atoms with Gasteiger partial charge >= 0.3 is 17.1 Å². The summed E-state index contributed by atoms with van der Waals surface area (Å²) in [5.74, 6) is -0.258. The molecule has 9 nitrogen and oxygen atoms in total. The Morgan fingerprint density at radius 3 is 1.67 bits per heavy atom. The summed E-state index contributed by atoms with van der Waals surface area (Å²) < 4.78 is 6.94. The van der Waals surface area contributed by atoms with E-state index in [1.165, 1.54) is 7.11 Å². The Balaban J connectivity index is 0.00000137. The van der Waals surface area contributed by atoms with Gasteiger partial charge in [-0.25, -0.2) is 23.5 Å². The fraction of sp³-hybridized carbons (Fsp3) is 0.500. The lowest BCUT2D eigenvalue weighted by Crippen LogP contribution is -2.52. The molecular formula is C6H9N3O6S3. The molecule has 1 rings (SSSR count). The van der Waals surface area contributed by atoms with Crippen molar-refractivity contribution in [2.75, 3.05) is 7.11 Å². The van der Waals surface area contributed by atoms with Crippen LogP contribution < -0.4 is 17.1 Å². The lowest BCUT2D eigenvalue weighted by Gasteiger charge is -2.08. The Hall–Kier alpha value is -0.980. The largest absolute Gasteiger partial charge is 0.349 e. The van der Waals surface area contributed by atoms with Crippen LogP contribution in [0.1, 0.15) is 0 Å². The summed E-state index contributed by atoms with van der Waals surface area (Å²) in [5, 5.41) is 0. The minimum absolute atomic E-state index is 0.129. The lowest BCUT2D eigenvalue weighted by atomic mass is 10.8. The highest BCUT2D eigenvalue weighted by atomic mass is 32.2. The van der Waals surface area contributed by atoms with Crippen molar-refractivity contribution in [2.24, 2.45) is 0 Å². The molecule has 1 aromatic rings. The zero-order valence-corrected chi connectivity index (χ0v) is 11.6. The molecule has 12 heteroatoms. The second kappa shape index (κ2) is 8.18. The highest BCUT2D eigenvalue weighted by molar-refractivity contribution is 7.93. The second-order valence-corrected chi connectivity index (χ2v) is 3.94. The van der Waals surface area contributed by atoms with Crippen molar-refractivity contribution in [3.63, 3.8) is 0 Å². The van der Waals surface area contributed by atoms with Gasteiger partial charge in [-0.3, -0.25) is 4.18 Å². The maximum absolute atomic E-state index is 11.6. The van der Waals surface area contributed by atoms with Gasteiger partial charge in [0.1, 0.15) is 12.2 Å². The fourth-order valence-electron chi connectivity index (χ4n) is 0.991. The monoisotopic (exact) mass is 315 g/mol. The van der Waals surface area contributed by atoms with E-state index in [1.54, 1.807) is 0 Å². The van der Waals surface area contributed by atoms with Gasteiger partial charge in [0.25, 0.3) is 0 Å². The first kappa shape index (κ1) is 17.0. The van der Waals surface area contributed by atoms with Gasteiger partial charge in [0.15, 0.2) is 0 Å². The van der Waals surface area contributed by atoms with E-state index in [2.05, 4.69) is 29.4 Å². The minimum Gasteiger partial charge on any atom is -0.300 e. The highest BCUT2D eigenvalue weighted by Gasteiger charge is 2.14. The molecule has 0 spiro atoms. The predicted molar refractivity (Wildman–Crippen MR) is 73.9 cm³/mol. The van der Waals surface area contributed by atoms with E-state index in [4.69, 9.17) is 9.93 Å². The van der Waals surface area contributed by atoms with Crippen LogP contribution in [-0.4, -0.2) is 20.2 Å². The molecule has 102 valence electrons. The van der Waals surface area contributed by atoms with Crippen molar-refractivity contribution >= 4 is 37.5 Å². The standard InChI is InChI=1S/C6H9N3O4S3.O2/c1-13-16-9-5(11)7(2-14)4(10)8(3-15)6(9)12;1-2/h14-15H,2-3H2,1H3;. The zero-order valence-electron chi connectivity index (χ0n) is 9.01. The molecule has 1 heterocycles. The molecule has 0 saturated heterocycles. The number of rotatable bonds is 4. The average molecular weight is 315 g/mol. The molecule has 0 unspecified atom stereocenters. The SMILES string of the molecule is COSn1c(=O)n(CS)c(=O)n(CS)c1=O.O=O. The van der Waals surface area contributed by atoms with E-state index in [0.29, 0.717) is 16.2 Å². The summed E-state index contributed by atoms with van der Waals surface area (Å²) >= 11 is 8.23. The number of hydrogen-bond acceptors (Lipinski definition) is 9. The van der Waals surface area contributed by atoms with E-state index < -0.39 is 17.1 Å². The van der Waals surface area contributed by atoms with Crippen LogP contribution in [-0.2, 0) is 15.9 Å². The van der Waals surface area contributed by atoms with Crippen LogP contribution >= 0.6 is 37.5 Å². The van der Waals surface area contributed by atoms with Crippen molar-refractivity contribution in [3.8, 4) is 0 Å². The molecule has 1 aromatic heterocycles. The summed E-state index contributed by atoms with van der Waals surface area (Å²) in [4.78, 5) is 48.9. The molecule has 0 radical (unpaired) electrons. The van der Waals surface area contributed by atoms with Gasteiger partial charge in [-0.2, -0.15) is 29.2 Å². The molecule has 0 aromatic carbocycles. The molecule has 0 aliphatic rings. The lowest BCUT2D eigenvalue weighted by molar-refractivity contribution is 0.476. The van der Waals surface area contributed by atoms with E-state index in [9.17, 15) is 14.4 Å². The van der Waals surface area contributed by atoms with Crippen LogP contribution in [0, 0.1) is 9.93 Å². The smallest absolute Gasteiger partial charge is 0.300 e. The molecule has 0 N–H and O–H groups in total. The zero-order chi connectivity index (χ0) is 14.3. The van der Waals surface area contributed by atoms with Crippen molar-refractivity contribution in [1.82, 2.24) is 13.1 Å². The maximum Gasteiger partial charge on any atom is 0.349 e. The third kappa shape index (κ3) is 3.28. The van der Waals surface area contributed by atoms with Gasteiger partial charge in [0.2, 0.25) is 0 Å². The summed E-state index contributed by atoms with van der Waals surface area (Å²) in [6, 6.07) is 0. The molecule has 0 saturated carbocycles. The number of aromatic nitrogens is 3. The van der Waals surface area contributed by atoms with E-state index in [0.717, 1.165) is 9.13 Å². The van der Waals surface area contributed by atoms with Crippen LogP contribution in [0.3, 0.4) is 0 Å². The fourth-order valence-corrected chi connectivity index (χ4v) is 1.95. The third-order valence-corrected chi connectivity index (χ3v) is 2.88. The van der Waals surface area contributed by atoms with E-state index >= 15 is 0 Å². The quantitative estimate of drug-likeness (QED) is 0.546. The van der Waals surface area contributed by atoms with Crippen LogP contribution in [0.2, 0.25) is 0 Å². The van der Waals surface area contributed by atoms with Gasteiger partial charge in [0, 0.05) is 9.93 Å². The molecule has 0 atom stereocenters. The topological polar surface area (TPSA) is 109 Å². The van der Waals surface area contributed by atoms with Gasteiger partial charge < -0.3 is 0 Å². The molecule has 0 aliphatic heterocycles. The van der Waals surface area contributed by atoms with Crippen LogP contribution in [0.25, 0.3) is 0 Å². The molecule has 18 heavy (non-hydrogen) atoms. The first-order valence-electron chi connectivity index (χ1n) is 4.14. The Kier molecular flexibility index (Phi) is 7.73. The molecule has 0 bridgehead atoms. The van der Waals surface area contributed by atoms with Gasteiger partial charge in [-0.05, 0) is 0 Å². The Bertz CT molecular complexity index is 521. The average Bonchev–Trinajstić information content (AvgIpc) is 2.38. The van der Waals surface area contributed by atoms with Crippen LogP contribution in [0.5, 0.6) is 0 Å². The van der Waals surface area contributed by atoms with Crippen molar-refractivity contribution in [1.29, 1.82) is 0 Å². The Morgan fingerprint density at radius 2 is 1.39 bits per heavy atom. The highest BCUT2D eigenvalue weighted by Crippen LogP contribution is 1.96. The normalized spacial score (nSPS) is 9.72. The molecular weight excluding hydrogens is 306 g/mol. The van der Waals surface area contributed by atoms with Crippen molar-refractivity contribution in [3.05, 3.63) is 41.4 Å². The van der Waals surface area contributed by atoms with Gasteiger partial charge in [0.05, 0.1) is 18.9 Å². The number of hydrogen-bond donors (Lipinski definition) is 2. The molecule has 0 fully saturated rings. The molecule has 0 amide bonds. The van der Waals surface area contributed by atoms with Crippen LogP contribution in [0.15, 0.2) is 14.4 Å². The number of thiol groups is 2. The van der Waals surface area contributed by atoms with Gasteiger partial charge in [-0.1, -0.05) is 0 Å². The van der Waals surface area contributed by atoms with Crippen molar-refractivity contribution in [2.45, 2.75) is 11.8 Å². The Morgan fingerprint density at radius 1 is 1.00 bits per heavy atom. The number of nitrogens with zero attached hydrogens (tertiary/aromatic N) is 3. The second-order valence-electron chi connectivity index (χ2n) is 2.52.